The molecule has 1 fully saturated rings. The van der Waals surface area contributed by atoms with Gasteiger partial charge in [-0.05, 0) is 31.0 Å². The number of aromatic nitrogens is 4. The molecule has 1 aliphatic rings. The number of nitrogens with zero attached hydrogens (tertiary/aromatic N) is 6. The summed E-state index contributed by atoms with van der Waals surface area (Å²) < 4.78 is 13.8. The van der Waals surface area contributed by atoms with Crippen LogP contribution in [0.4, 0.5) is 22.1 Å². The van der Waals surface area contributed by atoms with Crippen molar-refractivity contribution in [1.82, 2.24) is 19.9 Å². The number of rotatable bonds is 6. The van der Waals surface area contributed by atoms with E-state index in [9.17, 15) is 4.39 Å². The quantitative estimate of drug-likeness (QED) is 0.690. The van der Waals surface area contributed by atoms with Crippen molar-refractivity contribution in [2.75, 3.05) is 47.8 Å². The molecule has 1 aromatic carbocycles. The number of hydrogen-bond acceptors (Lipinski definition) is 7. The largest absolute Gasteiger partial charge is 0.370 e. The lowest BCUT2D eigenvalue weighted by Gasteiger charge is -2.34. The molecule has 2 aromatic heterocycles. The highest BCUT2D eigenvalue weighted by atomic mass is 19.1. The number of halogens is 1. The summed E-state index contributed by atoms with van der Waals surface area (Å²) in [7, 11) is 0. The first-order valence-corrected chi connectivity index (χ1v) is 9.79. The van der Waals surface area contributed by atoms with Gasteiger partial charge in [0.2, 0.25) is 11.9 Å². The predicted octanol–water partition coefficient (Wildman–Crippen LogP) is 2.70. The van der Waals surface area contributed by atoms with Crippen molar-refractivity contribution in [3.05, 3.63) is 65.9 Å². The molecular weight excluding hydrogens is 369 g/mol. The molecule has 0 atom stereocenters. The Hall–Kier alpha value is -3.29. The number of hydrogen-bond donors (Lipinski definition) is 1. The van der Waals surface area contributed by atoms with Crippen LogP contribution >= 0.6 is 0 Å². The Balaban J connectivity index is 1.36. The van der Waals surface area contributed by atoms with Crippen molar-refractivity contribution >= 4 is 17.7 Å². The van der Waals surface area contributed by atoms with Crippen molar-refractivity contribution < 1.29 is 4.39 Å². The Labute approximate surface area is 169 Å². The Morgan fingerprint density at radius 3 is 2.34 bits per heavy atom. The van der Waals surface area contributed by atoms with Crippen molar-refractivity contribution in [2.24, 2.45) is 0 Å². The Morgan fingerprint density at radius 1 is 0.931 bits per heavy atom. The standard InChI is InChI=1S/C21H24FN7/c1-16-15-19(23-10-7-17-5-2-3-6-18(17)22)27-21(26-16)29-13-11-28(12-14-29)20-24-8-4-9-25-20/h2-6,8-9,15H,7,10-14H2,1H3,(H,23,26,27). The van der Waals surface area contributed by atoms with Crippen molar-refractivity contribution in [1.29, 1.82) is 0 Å². The second kappa shape index (κ2) is 8.81. The third-order valence-corrected chi connectivity index (χ3v) is 4.90. The smallest absolute Gasteiger partial charge is 0.227 e. The molecule has 150 valence electrons. The minimum absolute atomic E-state index is 0.172. The fourth-order valence-corrected chi connectivity index (χ4v) is 3.37. The zero-order valence-electron chi connectivity index (χ0n) is 16.4. The SMILES string of the molecule is Cc1cc(NCCc2ccccc2F)nc(N2CCN(c3ncccn3)CC2)n1. The van der Waals surface area contributed by atoms with Crippen LogP contribution in [-0.2, 0) is 6.42 Å². The monoisotopic (exact) mass is 393 g/mol. The van der Waals surface area contributed by atoms with Crippen LogP contribution in [-0.4, -0.2) is 52.7 Å². The fourth-order valence-electron chi connectivity index (χ4n) is 3.37. The van der Waals surface area contributed by atoms with Gasteiger partial charge in [-0.25, -0.2) is 19.3 Å². The normalized spacial score (nSPS) is 14.1. The number of benzene rings is 1. The minimum Gasteiger partial charge on any atom is -0.370 e. The molecule has 29 heavy (non-hydrogen) atoms. The molecule has 3 aromatic rings. The number of nitrogens with one attached hydrogen (secondary N) is 1. The summed E-state index contributed by atoms with van der Waals surface area (Å²) in [4.78, 5) is 22.3. The first kappa shape index (κ1) is 19.0. The molecule has 1 aliphatic heterocycles. The highest BCUT2D eigenvalue weighted by Crippen LogP contribution is 2.17. The summed E-state index contributed by atoms with van der Waals surface area (Å²) in [5.41, 5.74) is 1.60. The molecule has 0 amide bonds. The van der Waals surface area contributed by atoms with Gasteiger partial charge < -0.3 is 15.1 Å². The molecule has 0 radical (unpaired) electrons. The van der Waals surface area contributed by atoms with Gasteiger partial charge in [0.25, 0.3) is 0 Å². The summed E-state index contributed by atoms with van der Waals surface area (Å²) in [5.74, 6) is 2.06. The van der Waals surface area contributed by atoms with Crippen LogP contribution in [0, 0.1) is 12.7 Å². The van der Waals surface area contributed by atoms with E-state index in [1.54, 1.807) is 18.5 Å². The van der Waals surface area contributed by atoms with Crippen LogP contribution in [0.1, 0.15) is 11.3 Å². The Bertz CT molecular complexity index is 943. The minimum atomic E-state index is -0.172. The summed E-state index contributed by atoms with van der Waals surface area (Å²) in [5, 5.41) is 3.30. The Morgan fingerprint density at radius 2 is 1.62 bits per heavy atom. The maximum absolute atomic E-state index is 13.8. The maximum atomic E-state index is 13.8. The molecule has 8 heteroatoms. The lowest BCUT2D eigenvalue weighted by molar-refractivity contribution is 0.610. The van der Waals surface area contributed by atoms with Crippen LogP contribution < -0.4 is 15.1 Å². The molecule has 1 saturated heterocycles. The molecule has 4 rings (SSSR count). The van der Waals surface area contributed by atoms with Crippen molar-refractivity contribution in [3.8, 4) is 0 Å². The molecule has 7 nitrogen and oxygen atoms in total. The highest BCUT2D eigenvalue weighted by Gasteiger charge is 2.21. The predicted molar refractivity (Wildman–Crippen MR) is 112 cm³/mol. The molecule has 0 spiro atoms. The zero-order valence-corrected chi connectivity index (χ0v) is 16.4. The third-order valence-electron chi connectivity index (χ3n) is 4.90. The van der Waals surface area contributed by atoms with Crippen molar-refractivity contribution in [3.63, 3.8) is 0 Å². The van der Waals surface area contributed by atoms with Crippen LogP contribution in [0.2, 0.25) is 0 Å². The first-order valence-electron chi connectivity index (χ1n) is 9.79. The van der Waals surface area contributed by atoms with E-state index in [1.165, 1.54) is 6.07 Å². The lowest BCUT2D eigenvalue weighted by atomic mass is 10.1. The summed E-state index contributed by atoms with van der Waals surface area (Å²) in [6.07, 6.45) is 4.12. The fraction of sp³-hybridized carbons (Fsp3) is 0.333. The molecule has 0 aliphatic carbocycles. The van der Waals surface area contributed by atoms with Crippen molar-refractivity contribution in [2.45, 2.75) is 13.3 Å². The van der Waals surface area contributed by atoms with Crippen LogP contribution in [0.5, 0.6) is 0 Å². The molecule has 3 heterocycles. The van der Waals surface area contributed by atoms with E-state index >= 15 is 0 Å². The second-order valence-corrected chi connectivity index (χ2v) is 6.99. The zero-order chi connectivity index (χ0) is 20.1. The van der Waals surface area contributed by atoms with E-state index in [0.29, 0.717) is 24.5 Å². The highest BCUT2D eigenvalue weighted by molar-refractivity contribution is 5.45. The van der Waals surface area contributed by atoms with Gasteiger partial charge in [0, 0.05) is 56.9 Å². The van der Waals surface area contributed by atoms with E-state index in [-0.39, 0.29) is 5.82 Å². The van der Waals surface area contributed by atoms with Crippen LogP contribution in [0.25, 0.3) is 0 Å². The lowest BCUT2D eigenvalue weighted by Crippen LogP contribution is -2.47. The van der Waals surface area contributed by atoms with Gasteiger partial charge >= 0.3 is 0 Å². The van der Waals surface area contributed by atoms with E-state index in [4.69, 9.17) is 0 Å². The van der Waals surface area contributed by atoms with Gasteiger partial charge in [0.15, 0.2) is 0 Å². The number of anilines is 3. The van der Waals surface area contributed by atoms with Gasteiger partial charge in [0.05, 0.1) is 0 Å². The average Bonchev–Trinajstić information content (AvgIpc) is 2.75. The number of aryl methyl sites for hydroxylation is 1. The van der Waals surface area contributed by atoms with E-state index in [2.05, 4.69) is 35.1 Å². The molecular formula is C21H24FN7. The molecule has 1 N–H and O–H groups in total. The Kier molecular flexibility index (Phi) is 5.79. The maximum Gasteiger partial charge on any atom is 0.227 e. The van der Waals surface area contributed by atoms with E-state index < -0.39 is 0 Å². The first-order chi connectivity index (χ1) is 14.2. The van der Waals surface area contributed by atoms with Crippen LogP contribution in [0.15, 0.2) is 48.8 Å². The van der Waals surface area contributed by atoms with E-state index in [0.717, 1.165) is 43.6 Å². The van der Waals surface area contributed by atoms with E-state index in [1.807, 2.05) is 31.2 Å². The van der Waals surface area contributed by atoms with Crippen LogP contribution in [0.3, 0.4) is 0 Å². The topological polar surface area (TPSA) is 70.1 Å². The summed E-state index contributed by atoms with van der Waals surface area (Å²) >= 11 is 0. The van der Waals surface area contributed by atoms with Gasteiger partial charge in [-0.2, -0.15) is 4.98 Å². The van der Waals surface area contributed by atoms with Gasteiger partial charge in [-0.1, -0.05) is 18.2 Å². The second-order valence-electron chi connectivity index (χ2n) is 6.99. The molecule has 0 saturated carbocycles. The molecule has 0 unspecified atom stereocenters. The van der Waals surface area contributed by atoms with Gasteiger partial charge in [-0.3, -0.25) is 0 Å². The third kappa shape index (κ3) is 4.77. The average molecular weight is 393 g/mol. The summed E-state index contributed by atoms with van der Waals surface area (Å²) in [6.45, 7) is 5.80. The van der Waals surface area contributed by atoms with Gasteiger partial charge in [-0.15, -0.1) is 0 Å². The molecule has 0 bridgehead atoms. The number of piperazine rings is 1. The summed E-state index contributed by atoms with van der Waals surface area (Å²) in [6, 6.07) is 10.6. The van der Waals surface area contributed by atoms with Gasteiger partial charge in [0.1, 0.15) is 11.6 Å².